The molecule has 0 amide bonds. The lowest BCUT2D eigenvalue weighted by Crippen LogP contribution is -2.61. The predicted molar refractivity (Wildman–Crippen MR) is 471 cm³/mol. The van der Waals surface area contributed by atoms with Gasteiger partial charge in [0.2, 0.25) is 0 Å². The van der Waals surface area contributed by atoms with E-state index in [1.807, 2.05) is 249 Å². The van der Waals surface area contributed by atoms with Crippen LogP contribution in [0.3, 0.4) is 0 Å². The zero-order valence-electron chi connectivity index (χ0n) is 80.4. The van der Waals surface area contributed by atoms with Crippen LogP contribution in [0.15, 0.2) is 400 Å². The molecule has 17 aromatic carbocycles. The Kier molecular flexibility index (Phi) is 11.3. The Labute approximate surface area is 676 Å². The Balaban J connectivity index is 0.997. The third-order valence-electron chi connectivity index (χ3n) is 21.6. The maximum absolute atomic E-state index is 12.0. The van der Waals surface area contributed by atoms with Gasteiger partial charge in [-0.05, 0) is 155 Å². The van der Waals surface area contributed by atoms with Crippen molar-refractivity contribution in [2.75, 3.05) is 9.80 Å². The SMILES string of the molecule is [2H]c1c([2H])c(-n2c3c([2H])c([2H])c([2H])c([2H])c3c3c([2H])c([2H])c(-c4ccccc4)c([2H])c32)c([2H])c2c1B1c3c(cc(C(C)(C)C)cc3N(c3c(-c4ccc(-c5ccccc5)cc4)cccc3-c3ccc(-c4ccccc4)cc3)c3c([2H])c(-n4c5c([2H])c([2H])c([2H])c([2H])c5c5c([2H])c([2H])c(-c6ccccc6)c([2H])c54)c([2H])c([2H])c31)N2c1c(-c2ccccc2)cccc1-c1ccccc1. The molecular formula is C106H75BN4. The Morgan fingerprint density at radius 1 is 0.261 bits per heavy atom. The monoisotopic (exact) mass is 1430 g/mol. The van der Waals surface area contributed by atoms with Gasteiger partial charge in [0.25, 0.3) is 6.71 Å². The summed E-state index contributed by atoms with van der Waals surface area (Å²) >= 11 is 0. The molecule has 0 spiro atoms. The zero-order valence-corrected chi connectivity index (χ0v) is 60.4. The number of para-hydroxylation sites is 4. The van der Waals surface area contributed by atoms with Crippen LogP contribution >= 0.6 is 0 Å². The topological polar surface area (TPSA) is 16.3 Å². The molecule has 2 aromatic heterocycles. The molecule has 111 heavy (non-hydrogen) atoms. The molecule has 0 atom stereocenters. The van der Waals surface area contributed by atoms with Gasteiger partial charge in [0.1, 0.15) is 0 Å². The van der Waals surface area contributed by atoms with Crippen molar-refractivity contribution < 1.29 is 27.4 Å². The highest BCUT2D eigenvalue weighted by atomic mass is 15.2. The lowest BCUT2D eigenvalue weighted by atomic mass is 9.33. The number of aromatic nitrogens is 2. The second-order valence-electron chi connectivity index (χ2n) is 29.1. The van der Waals surface area contributed by atoms with Crippen LogP contribution in [0.2, 0.25) is 0 Å². The second-order valence-corrected chi connectivity index (χ2v) is 29.1. The van der Waals surface area contributed by atoms with E-state index in [2.05, 4.69) is 0 Å². The van der Waals surface area contributed by atoms with E-state index in [4.69, 9.17) is 0 Å². The summed E-state index contributed by atoms with van der Waals surface area (Å²) in [6.07, 6.45) is 0. The molecule has 4 nitrogen and oxygen atoms in total. The average molecular weight is 1440 g/mol. The van der Waals surface area contributed by atoms with E-state index < -0.39 is 144 Å². The number of fused-ring (bicyclic) bond motifs is 10. The highest BCUT2D eigenvalue weighted by Crippen LogP contribution is 2.55. The van der Waals surface area contributed by atoms with E-state index in [1.165, 1.54) is 9.13 Å². The molecule has 0 unspecified atom stereocenters. The molecule has 5 heteroatoms. The molecule has 0 N–H and O–H groups in total. The smallest absolute Gasteiger partial charge is 0.252 e. The van der Waals surface area contributed by atoms with Gasteiger partial charge in [0.15, 0.2) is 0 Å². The molecule has 0 bridgehead atoms. The molecule has 0 fully saturated rings. The molecule has 2 aliphatic rings. The van der Waals surface area contributed by atoms with E-state index in [0.29, 0.717) is 89.4 Å². The molecular weight excluding hydrogens is 1340 g/mol. The Hall–Kier alpha value is -14.0. The summed E-state index contributed by atoms with van der Waals surface area (Å²) in [5, 5.41) is -1.07. The van der Waals surface area contributed by atoms with Crippen molar-refractivity contribution in [1.29, 1.82) is 0 Å². The average Bonchev–Trinajstić information content (AvgIpc) is 1.56. The van der Waals surface area contributed by atoms with Crippen LogP contribution in [0.4, 0.5) is 34.1 Å². The van der Waals surface area contributed by atoms with Gasteiger partial charge in [-0.15, -0.1) is 0 Å². The number of anilines is 6. The fraction of sp³-hybridized carbons (Fsp3) is 0.0377. The standard InChI is InChI=1S/C106H75BN4/c1-106(2,3)82-66-101-103-102(67-82)111(105-87(78-52-48-74(49-53-78)70-28-10-4-11-29-70)44-27-45-88(105)79-54-50-75(51-55-79)71-30-12-5-13-31-71)100-69-84(109-96-47-25-23-41-90(96)92-61-57-81(65-98(92)109)73-34-16-7-17-35-73)59-63-94(100)107(103)93-62-58-83(108-95-46-24-22-40-89(95)91-60-56-80(64-97(91)108)72-32-14-6-15-33-72)68-99(93)110(101)104-85(76-36-18-8-19-37-76)42-26-43-86(104)77-38-20-9-21-39-77/h4-69H,1-3H3/i22D,23D,24D,25D,40D,41D,46D,47D,56D,57D,58D,59D,60D,61D,62D,63D,64D,65D,68D,69D. The Bertz CT molecular complexity index is 7930. The molecule has 0 saturated heterocycles. The van der Waals surface area contributed by atoms with Crippen LogP contribution in [0.25, 0.3) is 144 Å². The van der Waals surface area contributed by atoms with Gasteiger partial charge in [-0.3, -0.25) is 0 Å². The summed E-state index contributed by atoms with van der Waals surface area (Å²) in [5.74, 6) is 0. The van der Waals surface area contributed by atoms with Gasteiger partial charge < -0.3 is 18.9 Å². The van der Waals surface area contributed by atoms with E-state index in [0.717, 1.165) is 22.3 Å². The minimum atomic E-state index is -1.62. The van der Waals surface area contributed by atoms with Crippen LogP contribution in [-0.4, -0.2) is 15.8 Å². The summed E-state index contributed by atoms with van der Waals surface area (Å²) in [7, 11) is 0. The number of nitrogens with zero attached hydrogens (tertiary/aromatic N) is 4. The van der Waals surface area contributed by atoms with E-state index >= 15 is 0 Å². The van der Waals surface area contributed by atoms with Crippen molar-refractivity contribution in [3.8, 4) is 100 Å². The predicted octanol–water partition coefficient (Wildman–Crippen LogP) is 26.6. The maximum Gasteiger partial charge on any atom is 0.252 e. The third kappa shape index (κ3) is 11.0. The van der Waals surface area contributed by atoms with E-state index in [1.54, 1.807) is 60.7 Å². The summed E-state index contributed by atoms with van der Waals surface area (Å²) in [6.45, 7) is 4.52. The van der Waals surface area contributed by atoms with Gasteiger partial charge in [-0.2, -0.15) is 0 Å². The molecule has 522 valence electrons. The molecule has 2 aliphatic heterocycles. The van der Waals surface area contributed by atoms with Crippen molar-refractivity contribution in [3.05, 3.63) is 405 Å². The van der Waals surface area contributed by atoms with Crippen LogP contribution in [0.5, 0.6) is 0 Å². The fourth-order valence-corrected chi connectivity index (χ4v) is 16.3. The molecule has 4 heterocycles. The van der Waals surface area contributed by atoms with Crippen LogP contribution in [0, 0.1) is 0 Å². The number of rotatable bonds is 12. The van der Waals surface area contributed by atoms with Crippen LogP contribution < -0.4 is 26.2 Å². The van der Waals surface area contributed by atoms with Crippen molar-refractivity contribution in [2.45, 2.75) is 26.2 Å². The molecule has 19 aromatic rings. The van der Waals surface area contributed by atoms with Gasteiger partial charge in [-0.25, -0.2) is 0 Å². The molecule has 0 aliphatic carbocycles. The number of hydrogen-bond donors (Lipinski definition) is 0. The summed E-state index contributed by atoms with van der Waals surface area (Å²) in [4.78, 5) is 3.84. The first kappa shape index (κ1) is 47.6. The van der Waals surface area contributed by atoms with E-state index in [9.17, 15) is 27.4 Å². The zero-order chi connectivity index (χ0) is 91.2. The second kappa shape index (κ2) is 26.4. The highest BCUT2D eigenvalue weighted by Gasteiger charge is 2.46. The quantitative estimate of drug-likeness (QED) is 0.113. The minimum absolute atomic E-state index is 0.0639. The van der Waals surface area contributed by atoms with Gasteiger partial charge in [-0.1, -0.05) is 360 Å². The first-order chi connectivity index (χ1) is 63.1. The third-order valence-corrected chi connectivity index (χ3v) is 21.6. The summed E-state index contributed by atoms with van der Waals surface area (Å²) in [6, 6.07) is 75.9. The number of hydrogen-bond acceptors (Lipinski definition) is 2. The Morgan fingerprint density at radius 2 is 0.568 bits per heavy atom. The normalized spacial score (nSPS) is 14.9. The van der Waals surface area contributed by atoms with Gasteiger partial charge in [0, 0.05) is 77.9 Å². The van der Waals surface area contributed by atoms with Crippen LogP contribution in [-0.2, 0) is 5.41 Å². The van der Waals surface area contributed by atoms with Crippen molar-refractivity contribution in [1.82, 2.24) is 9.13 Å². The molecule has 21 rings (SSSR count). The minimum Gasteiger partial charge on any atom is -0.310 e. The highest BCUT2D eigenvalue weighted by molar-refractivity contribution is 7.00. The fourth-order valence-electron chi connectivity index (χ4n) is 16.3. The lowest BCUT2D eigenvalue weighted by Gasteiger charge is -2.46. The Morgan fingerprint density at radius 3 is 0.928 bits per heavy atom. The molecule has 0 saturated carbocycles. The van der Waals surface area contributed by atoms with Gasteiger partial charge in [0.05, 0.1) is 60.9 Å². The van der Waals surface area contributed by atoms with Crippen LogP contribution in [0.1, 0.15) is 53.7 Å². The first-order valence-electron chi connectivity index (χ1n) is 47.0. The lowest BCUT2D eigenvalue weighted by molar-refractivity contribution is 0.590. The number of benzene rings is 17. The largest absolute Gasteiger partial charge is 0.310 e. The van der Waals surface area contributed by atoms with Crippen molar-refractivity contribution in [2.24, 2.45) is 0 Å². The van der Waals surface area contributed by atoms with Crippen molar-refractivity contribution in [3.63, 3.8) is 0 Å². The summed E-state index contributed by atoms with van der Waals surface area (Å²) in [5.41, 5.74) is 8.21. The van der Waals surface area contributed by atoms with Crippen molar-refractivity contribution >= 4 is 101 Å². The maximum atomic E-state index is 12.0. The van der Waals surface area contributed by atoms with Gasteiger partial charge >= 0.3 is 0 Å². The van der Waals surface area contributed by atoms with E-state index in [-0.39, 0.29) is 77.0 Å². The molecule has 0 radical (unpaired) electrons. The summed E-state index contributed by atoms with van der Waals surface area (Å²) < 4.78 is 211. The first-order valence-corrected chi connectivity index (χ1v) is 37.0.